The van der Waals surface area contributed by atoms with E-state index in [1.165, 1.54) is 116 Å². The van der Waals surface area contributed by atoms with E-state index in [-0.39, 0.29) is 18.7 Å². The summed E-state index contributed by atoms with van der Waals surface area (Å²) in [5.74, 6) is 0.736. The van der Waals surface area contributed by atoms with Crippen LogP contribution in [0.4, 0.5) is 0 Å². The second-order valence-corrected chi connectivity index (χ2v) is 12.6. The van der Waals surface area contributed by atoms with E-state index in [1.54, 1.807) is 0 Å². The van der Waals surface area contributed by atoms with Gasteiger partial charge in [0.05, 0.1) is 0 Å². The molecule has 0 saturated carbocycles. The second kappa shape index (κ2) is 32.3. The van der Waals surface area contributed by atoms with Crippen LogP contribution in [0.1, 0.15) is 175 Å². The number of ether oxygens (including phenoxy) is 2. The van der Waals surface area contributed by atoms with Gasteiger partial charge in [-0.1, -0.05) is 111 Å². The lowest BCUT2D eigenvalue weighted by Crippen LogP contribution is -2.23. The fourth-order valence-electron chi connectivity index (χ4n) is 5.70. The molecule has 0 saturated heterocycles. The summed E-state index contributed by atoms with van der Waals surface area (Å²) in [5, 5.41) is 8.99. The summed E-state index contributed by atoms with van der Waals surface area (Å²) in [4.78, 5) is 14.7. The average Bonchev–Trinajstić information content (AvgIpc) is 2.96. The van der Waals surface area contributed by atoms with Crippen LogP contribution >= 0.6 is 0 Å². The van der Waals surface area contributed by atoms with Gasteiger partial charge in [-0.15, -0.1) is 0 Å². The summed E-state index contributed by atoms with van der Waals surface area (Å²) in [6, 6.07) is 0. The van der Waals surface area contributed by atoms with Crippen molar-refractivity contribution < 1.29 is 19.4 Å². The Morgan fingerprint density at radius 2 is 1.20 bits per heavy atom. The summed E-state index contributed by atoms with van der Waals surface area (Å²) in [6.07, 6.45) is 28.6. The molecule has 0 aromatic heterocycles. The lowest BCUT2D eigenvalue weighted by atomic mass is 9.98. The van der Waals surface area contributed by atoms with E-state index in [0.717, 1.165) is 64.3 Å². The fraction of sp³-hybridized carbons (Fsp3) is 0.972. The average molecular weight is 584 g/mol. The Bertz CT molecular complexity index is 530. The molecule has 0 bridgehead atoms. The summed E-state index contributed by atoms with van der Waals surface area (Å²) >= 11 is 0. The molecule has 0 heterocycles. The maximum absolute atomic E-state index is 12.6. The van der Waals surface area contributed by atoms with E-state index < -0.39 is 0 Å². The van der Waals surface area contributed by atoms with Gasteiger partial charge < -0.3 is 19.5 Å². The van der Waals surface area contributed by atoms with Gasteiger partial charge in [0.1, 0.15) is 6.10 Å². The van der Waals surface area contributed by atoms with Crippen LogP contribution < -0.4 is 0 Å². The van der Waals surface area contributed by atoms with Crippen LogP contribution in [0.3, 0.4) is 0 Å². The van der Waals surface area contributed by atoms with Crippen molar-refractivity contribution >= 4 is 5.97 Å². The molecule has 246 valence electrons. The zero-order valence-electron chi connectivity index (χ0n) is 28.3. The fourth-order valence-corrected chi connectivity index (χ4v) is 5.70. The number of hydrogen-bond acceptors (Lipinski definition) is 5. The standard InChI is InChI=1S/C36H73NO4/c1-5-8-10-11-13-16-19-26-35(41-36(39)28-22-29-37(4)30-23-31-38)27-20-17-14-12-15-18-21-32-40-33-34(24-7-3)25-9-6-2/h34-35,38H,5-33H2,1-4H3. The predicted octanol–water partition coefficient (Wildman–Crippen LogP) is 9.88. The second-order valence-electron chi connectivity index (χ2n) is 12.6. The summed E-state index contributed by atoms with van der Waals surface area (Å²) in [6.45, 7) is 10.7. The minimum Gasteiger partial charge on any atom is -0.462 e. The van der Waals surface area contributed by atoms with Crippen LogP contribution in [0.15, 0.2) is 0 Å². The van der Waals surface area contributed by atoms with Gasteiger partial charge in [-0.3, -0.25) is 4.79 Å². The van der Waals surface area contributed by atoms with Crippen molar-refractivity contribution in [3.05, 3.63) is 0 Å². The molecule has 0 aliphatic carbocycles. The van der Waals surface area contributed by atoms with Crippen LogP contribution in [0.25, 0.3) is 0 Å². The Labute approximate surface area is 256 Å². The number of aliphatic hydroxyl groups excluding tert-OH is 1. The summed E-state index contributed by atoms with van der Waals surface area (Å²) in [7, 11) is 2.05. The molecule has 0 spiro atoms. The van der Waals surface area contributed by atoms with Crippen LogP contribution in [-0.4, -0.2) is 62.0 Å². The maximum Gasteiger partial charge on any atom is 0.306 e. The molecule has 41 heavy (non-hydrogen) atoms. The SMILES string of the molecule is CCCCCCCCCC(CCCCCCCCCOCC(CCC)CCCC)OC(=O)CCCN(C)CCCO. The molecule has 2 atom stereocenters. The van der Waals surface area contributed by atoms with E-state index in [4.69, 9.17) is 14.6 Å². The number of unbranched alkanes of at least 4 members (excludes halogenated alkanes) is 13. The van der Waals surface area contributed by atoms with Gasteiger partial charge in [0.25, 0.3) is 0 Å². The van der Waals surface area contributed by atoms with E-state index in [1.807, 2.05) is 0 Å². The molecule has 0 aromatic carbocycles. The van der Waals surface area contributed by atoms with Crippen LogP contribution in [0, 0.1) is 5.92 Å². The zero-order chi connectivity index (χ0) is 30.2. The molecule has 0 aliphatic heterocycles. The molecule has 0 amide bonds. The highest BCUT2D eigenvalue weighted by Crippen LogP contribution is 2.19. The van der Waals surface area contributed by atoms with Crippen LogP contribution in [0.2, 0.25) is 0 Å². The number of carbonyl (C=O) groups is 1. The lowest BCUT2D eigenvalue weighted by Gasteiger charge is -2.19. The van der Waals surface area contributed by atoms with Crippen LogP contribution in [-0.2, 0) is 14.3 Å². The molecular weight excluding hydrogens is 510 g/mol. The number of esters is 1. The summed E-state index contributed by atoms with van der Waals surface area (Å²) < 4.78 is 12.0. The number of hydrogen-bond donors (Lipinski definition) is 1. The molecule has 2 unspecified atom stereocenters. The number of nitrogens with zero attached hydrogens (tertiary/aromatic N) is 1. The smallest absolute Gasteiger partial charge is 0.306 e. The van der Waals surface area contributed by atoms with Crippen LogP contribution in [0.5, 0.6) is 0 Å². The molecule has 0 radical (unpaired) electrons. The summed E-state index contributed by atoms with van der Waals surface area (Å²) in [5.41, 5.74) is 0. The first-order chi connectivity index (χ1) is 20.1. The van der Waals surface area contributed by atoms with E-state index in [0.29, 0.717) is 6.42 Å². The van der Waals surface area contributed by atoms with Gasteiger partial charge >= 0.3 is 5.97 Å². The van der Waals surface area contributed by atoms with Crippen molar-refractivity contribution in [3.63, 3.8) is 0 Å². The zero-order valence-corrected chi connectivity index (χ0v) is 28.3. The predicted molar refractivity (Wildman–Crippen MR) is 177 cm³/mol. The van der Waals surface area contributed by atoms with Crippen molar-refractivity contribution in [1.29, 1.82) is 0 Å². The Morgan fingerprint density at radius 3 is 1.78 bits per heavy atom. The Hall–Kier alpha value is -0.650. The van der Waals surface area contributed by atoms with Crippen molar-refractivity contribution in [3.8, 4) is 0 Å². The third kappa shape index (κ3) is 29.2. The van der Waals surface area contributed by atoms with Crippen molar-refractivity contribution in [1.82, 2.24) is 4.90 Å². The van der Waals surface area contributed by atoms with Gasteiger partial charge in [-0.2, -0.15) is 0 Å². The molecule has 5 heteroatoms. The highest BCUT2D eigenvalue weighted by molar-refractivity contribution is 5.69. The van der Waals surface area contributed by atoms with Crippen molar-refractivity contribution in [2.45, 2.75) is 181 Å². The molecule has 0 fully saturated rings. The Balaban J connectivity index is 4.08. The van der Waals surface area contributed by atoms with E-state index in [2.05, 4.69) is 32.7 Å². The van der Waals surface area contributed by atoms with Gasteiger partial charge in [-0.25, -0.2) is 0 Å². The highest BCUT2D eigenvalue weighted by Gasteiger charge is 2.14. The molecule has 0 rings (SSSR count). The third-order valence-electron chi connectivity index (χ3n) is 8.38. The topological polar surface area (TPSA) is 59.0 Å². The van der Waals surface area contributed by atoms with Gasteiger partial charge in [-0.05, 0) is 77.3 Å². The quantitative estimate of drug-likeness (QED) is 0.0615. The number of aliphatic hydroxyl groups is 1. The molecule has 0 aromatic rings. The monoisotopic (exact) mass is 584 g/mol. The van der Waals surface area contributed by atoms with Gasteiger partial charge in [0.2, 0.25) is 0 Å². The van der Waals surface area contributed by atoms with Gasteiger partial charge in [0, 0.05) is 32.8 Å². The largest absolute Gasteiger partial charge is 0.462 e. The Morgan fingerprint density at radius 1 is 0.634 bits per heavy atom. The maximum atomic E-state index is 12.6. The van der Waals surface area contributed by atoms with Crippen molar-refractivity contribution in [2.24, 2.45) is 5.92 Å². The normalized spacial score (nSPS) is 13.1. The third-order valence-corrected chi connectivity index (χ3v) is 8.38. The highest BCUT2D eigenvalue weighted by atomic mass is 16.5. The van der Waals surface area contributed by atoms with Gasteiger partial charge in [0.15, 0.2) is 0 Å². The van der Waals surface area contributed by atoms with E-state index >= 15 is 0 Å². The first-order valence-electron chi connectivity index (χ1n) is 18.1. The number of rotatable bonds is 33. The number of carbonyl (C=O) groups excluding carboxylic acids is 1. The van der Waals surface area contributed by atoms with E-state index in [9.17, 15) is 4.79 Å². The Kier molecular flexibility index (Phi) is 31.8. The first kappa shape index (κ1) is 40.4. The molecular formula is C36H73NO4. The molecule has 1 N–H and O–H groups in total. The minimum absolute atomic E-state index is 0.0258. The molecule has 0 aliphatic rings. The van der Waals surface area contributed by atoms with Crippen molar-refractivity contribution in [2.75, 3.05) is 40.0 Å². The first-order valence-corrected chi connectivity index (χ1v) is 18.1. The molecule has 5 nitrogen and oxygen atoms in total. The lowest BCUT2D eigenvalue weighted by molar-refractivity contribution is -0.150. The minimum atomic E-state index is -0.0258.